The van der Waals surface area contributed by atoms with E-state index in [-0.39, 0.29) is 37.2 Å². The van der Waals surface area contributed by atoms with Crippen LogP contribution in [0.15, 0.2) is 66.7 Å². The van der Waals surface area contributed by atoms with Gasteiger partial charge in [-0.2, -0.15) is 0 Å². The highest BCUT2D eigenvalue weighted by atomic mass is 16.5. The van der Waals surface area contributed by atoms with Crippen LogP contribution in [-0.4, -0.2) is 125 Å². The Labute approximate surface area is 326 Å². The zero-order valence-corrected chi connectivity index (χ0v) is 32.8. The lowest BCUT2D eigenvalue weighted by molar-refractivity contribution is -0.147. The molecule has 15 heteroatoms. The van der Waals surface area contributed by atoms with Crippen LogP contribution < -0.4 is 25.4 Å². The van der Waals surface area contributed by atoms with Crippen molar-refractivity contribution in [3.05, 3.63) is 83.4 Å². The fourth-order valence-corrected chi connectivity index (χ4v) is 6.99. The molecule has 3 aliphatic rings. The van der Waals surface area contributed by atoms with E-state index >= 15 is 0 Å². The average Bonchev–Trinajstić information content (AvgIpc) is 3.18. The normalized spacial score (nSPS) is 26.0. The molecule has 7 unspecified atom stereocenters. The second-order valence-corrected chi connectivity index (χ2v) is 14.7. The molecule has 3 heterocycles. The predicted octanol–water partition coefficient (Wildman–Crippen LogP) is 1.73. The molecule has 0 saturated carbocycles. The summed E-state index contributed by atoms with van der Waals surface area (Å²) in [4.78, 5) is 74.4. The second kappa shape index (κ2) is 17.9. The first-order valence-electron chi connectivity index (χ1n) is 18.6. The molecule has 6 bridgehead atoms. The molecule has 0 aromatic heterocycles. The Morgan fingerprint density at radius 1 is 0.750 bits per heavy atom. The number of likely N-dealkylation sites (N-methyl/N-ethyl adjacent to an activating group) is 3. The minimum absolute atomic E-state index is 0.0877. The number of aromatic hydroxyl groups is 1. The monoisotopic (exact) mass is 772 g/mol. The molecule has 0 radical (unpaired) electrons. The Morgan fingerprint density at radius 3 is 2.05 bits per heavy atom. The van der Waals surface area contributed by atoms with Gasteiger partial charge in [0.15, 0.2) is 11.5 Å². The fourth-order valence-electron chi connectivity index (χ4n) is 6.99. The van der Waals surface area contributed by atoms with Gasteiger partial charge in [0.2, 0.25) is 29.5 Å². The van der Waals surface area contributed by atoms with Crippen LogP contribution in [0.5, 0.6) is 23.0 Å². The average molecular weight is 773 g/mol. The highest BCUT2D eigenvalue weighted by molar-refractivity contribution is 5.95. The molecular formula is C41H52N6O9. The largest absolute Gasteiger partial charge is 0.504 e. The highest BCUT2D eigenvalue weighted by Crippen LogP contribution is 2.33. The zero-order chi connectivity index (χ0) is 40.8. The smallest absolute Gasteiger partial charge is 0.245 e. The summed E-state index contributed by atoms with van der Waals surface area (Å²) in [7, 11) is 6.08. The number of carbonyl (C=O) groups excluding carboxylic acids is 5. The van der Waals surface area contributed by atoms with Gasteiger partial charge in [0.25, 0.3) is 0 Å². The van der Waals surface area contributed by atoms with E-state index in [1.807, 2.05) is 0 Å². The number of benzene rings is 3. The molecule has 3 aliphatic heterocycles. The number of carbonyl (C=O) groups is 5. The van der Waals surface area contributed by atoms with Crippen molar-refractivity contribution in [3.63, 3.8) is 0 Å². The quantitative estimate of drug-likeness (QED) is 0.262. The fraction of sp³-hybridized carbons (Fsp3) is 0.439. The van der Waals surface area contributed by atoms with Crippen molar-refractivity contribution < 1.29 is 43.7 Å². The van der Waals surface area contributed by atoms with Crippen LogP contribution in [0.4, 0.5) is 0 Å². The van der Waals surface area contributed by atoms with Crippen LogP contribution in [0.2, 0.25) is 0 Å². The van der Waals surface area contributed by atoms with Crippen molar-refractivity contribution in [2.24, 2.45) is 0 Å². The van der Waals surface area contributed by atoms with E-state index in [0.717, 1.165) is 5.56 Å². The lowest BCUT2D eigenvalue weighted by Crippen LogP contribution is -2.59. The molecule has 0 spiro atoms. The van der Waals surface area contributed by atoms with Gasteiger partial charge in [-0.15, -0.1) is 0 Å². The molecule has 1 fully saturated rings. The SMILES string of the molecule is COc1ccc(CC2C(=O)NC(C)C(=O)N(C)C3Cc4ccc(cc4)Oc4cc(ccc4O)CC(CC(=O)NC(C)C(O)NC(C)C(=O)N2C)N(C)C3=O)cc1. The van der Waals surface area contributed by atoms with Crippen molar-refractivity contribution in [2.45, 2.75) is 88.9 Å². The van der Waals surface area contributed by atoms with E-state index in [9.17, 15) is 34.2 Å². The molecule has 0 aliphatic carbocycles. The third-order valence-corrected chi connectivity index (χ3v) is 10.6. The van der Waals surface area contributed by atoms with Crippen LogP contribution in [0.25, 0.3) is 0 Å². The summed E-state index contributed by atoms with van der Waals surface area (Å²) in [5.74, 6) is -1.43. The number of nitrogens with one attached hydrogen (secondary N) is 3. The lowest BCUT2D eigenvalue weighted by Gasteiger charge is -2.36. The summed E-state index contributed by atoms with van der Waals surface area (Å²) in [6, 6.07) is 12.9. The molecule has 300 valence electrons. The summed E-state index contributed by atoms with van der Waals surface area (Å²) in [6.07, 6.45) is -1.21. The summed E-state index contributed by atoms with van der Waals surface area (Å²) in [5.41, 5.74) is 2.09. The van der Waals surface area contributed by atoms with Crippen molar-refractivity contribution in [1.82, 2.24) is 30.7 Å². The van der Waals surface area contributed by atoms with E-state index < -0.39 is 72.0 Å². The Balaban J connectivity index is 1.55. The van der Waals surface area contributed by atoms with E-state index in [4.69, 9.17) is 9.47 Å². The third kappa shape index (κ3) is 9.76. The maximum Gasteiger partial charge on any atom is 0.245 e. The van der Waals surface area contributed by atoms with Crippen LogP contribution in [0.3, 0.4) is 0 Å². The van der Waals surface area contributed by atoms with E-state index in [2.05, 4.69) is 16.0 Å². The van der Waals surface area contributed by atoms with Gasteiger partial charge >= 0.3 is 0 Å². The third-order valence-electron chi connectivity index (χ3n) is 10.6. The topological polar surface area (TPSA) is 190 Å². The number of rotatable bonds is 3. The number of nitrogens with zero attached hydrogens (tertiary/aromatic N) is 3. The first-order chi connectivity index (χ1) is 26.6. The van der Waals surface area contributed by atoms with Gasteiger partial charge in [-0.3, -0.25) is 29.3 Å². The standard InChI is InChI=1S/C41H52N6O9/c1-23-37(50)43-24(2)39(52)46(5)32(19-26-8-13-30(55-7)14-9-26)38(51)44-25(3)40(53)47(6)33-20-27-10-15-31(16-11-27)56-35-21-28(12-17-34(35)48)18-29(22-36(49)42-23)45(4)41(33)54/h8-17,21,23-25,29,32-33,37,43,48,50H,18-20,22H2,1-7H3,(H,42,49)(H,44,51). The first-order valence-corrected chi connectivity index (χ1v) is 18.6. The van der Waals surface area contributed by atoms with Crippen LogP contribution in [0, 0.1) is 0 Å². The minimum atomic E-state index is -1.37. The van der Waals surface area contributed by atoms with E-state index in [1.54, 1.807) is 81.6 Å². The number of hydrogen-bond acceptors (Lipinski definition) is 10. The number of fused-ring (bicyclic) bond motifs is 2. The summed E-state index contributed by atoms with van der Waals surface area (Å²) in [6.45, 7) is 4.64. The number of aliphatic hydroxyl groups excluding tert-OH is 1. The molecule has 5 amide bonds. The number of aliphatic hydroxyl groups is 1. The van der Waals surface area contributed by atoms with Crippen molar-refractivity contribution in [1.29, 1.82) is 0 Å². The number of phenols is 1. The van der Waals surface area contributed by atoms with Crippen LogP contribution in [0.1, 0.15) is 43.9 Å². The Morgan fingerprint density at radius 2 is 1.39 bits per heavy atom. The van der Waals surface area contributed by atoms with Gasteiger partial charge in [0.1, 0.15) is 35.9 Å². The second-order valence-electron chi connectivity index (χ2n) is 14.7. The summed E-state index contributed by atoms with van der Waals surface area (Å²) < 4.78 is 11.3. The molecule has 15 nitrogen and oxygen atoms in total. The lowest BCUT2D eigenvalue weighted by atomic mass is 9.97. The number of methoxy groups -OCH3 is 1. The number of phenolic OH excluding ortho intramolecular Hbond substituents is 1. The van der Waals surface area contributed by atoms with Gasteiger partial charge in [-0.05, 0) is 80.3 Å². The molecule has 56 heavy (non-hydrogen) atoms. The maximum absolute atomic E-state index is 14.6. The molecule has 3 aromatic rings. The van der Waals surface area contributed by atoms with E-state index in [1.165, 1.54) is 48.9 Å². The molecule has 5 N–H and O–H groups in total. The molecule has 7 atom stereocenters. The first kappa shape index (κ1) is 41.5. The van der Waals surface area contributed by atoms with Crippen LogP contribution >= 0.6 is 0 Å². The number of hydrogen-bond donors (Lipinski definition) is 5. The van der Waals surface area contributed by atoms with Gasteiger partial charge in [-0.25, -0.2) is 0 Å². The maximum atomic E-state index is 14.6. The Hall–Kier alpha value is -5.67. The molecular weight excluding hydrogens is 720 g/mol. The van der Waals surface area contributed by atoms with E-state index in [0.29, 0.717) is 22.6 Å². The highest BCUT2D eigenvalue weighted by Gasteiger charge is 2.38. The molecule has 3 aromatic carbocycles. The van der Waals surface area contributed by atoms with Gasteiger partial charge in [-0.1, -0.05) is 30.3 Å². The number of ether oxygens (including phenoxy) is 2. The van der Waals surface area contributed by atoms with Crippen molar-refractivity contribution in [2.75, 3.05) is 28.3 Å². The Kier molecular flexibility index (Phi) is 13.2. The molecule has 1 saturated heterocycles. The Bertz CT molecular complexity index is 1910. The zero-order valence-electron chi connectivity index (χ0n) is 32.8. The van der Waals surface area contributed by atoms with Gasteiger partial charge < -0.3 is 45.0 Å². The van der Waals surface area contributed by atoms with Gasteiger partial charge in [0.05, 0.1) is 19.2 Å². The predicted molar refractivity (Wildman–Crippen MR) is 207 cm³/mol. The van der Waals surface area contributed by atoms with Crippen molar-refractivity contribution >= 4 is 29.5 Å². The molecule has 6 rings (SSSR count). The minimum Gasteiger partial charge on any atom is -0.504 e. The van der Waals surface area contributed by atoms with Crippen molar-refractivity contribution in [3.8, 4) is 23.0 Å². The van der Waals surface area contributed by atoms with Gasteiger partial charge in [0, 0.05) is 46.4 Å². The summed E-state index contributed by atoms with van der Waals surface area (Å²) >= 11 is 0. The number of amides is 5. The van der Waals surface area contributed by atoms with Crippen LogP contribution in [-0.2, 0) is 43.2 Å². The summed E-state index contributed by atoms with van der Waals surface area (Å²) in [5, 5.41) is 30.1.